The van der Waals surface area contributed by atoms with Gasteiger partial charge in [-0.25, -0.2) is 4.79 Å². The van der Waals surface area contributed by atoms with E-state index in [0.29, 0.717) is 6.54 Å². The van der Waals surface area contributed by atoms with Gasteiger partial charge in [-0.1, -0.05) is 12.1 Å². The molecule has 1 aromatic rings. The molecule has 0 aliphatic rings. The number of phenolic OH excluding ortho intramolecular Hbond substituents is 1. The molecule has 0 aliphatic heterocycles. The van der Waals surface area contributed by atoms with Gasteiger partial charge in [0.2, 0.25) is 5.91 Å². The molecule has 0 atom stereocenters. The molecule has 6 nitrogen and oxygen atoms in total. The van der Waals surface area contributed by atoms with Gasteiger partial charge in [0.1, 0.15) is 5.75 Å². The number of carbonyl (C=O) groups is 2. The van der Waals surface area contributed by atoms with Crippen LogP contribution in [-0.2, 0) is 11.3 Å². The molecule has 6 heteroatoms. The van der Waals surface area contributed by atoms with E-state index in [2.05, 4.69) is 5.32 Å². The number of carbonyl (C=O) groups excluding carboxylic acids is 2. The van der Waals surface area contributed by atoms with Crippen molar-refractivity contribution in [1.29, 1.82) is 0 Å². The van der Waals surface area contributed by atoms with Crippen LogP contribution in [0.25, 0.3) is 0 Å². The SMILES string of the molecule is CN(C)C(=O)NCC(=O)N(C)Cc1cccc(O)c1. The van der Waals surface area contributed by atoms with Gasteiger partial charge in [-0.2, -0.15) is 0 Å². The molecule has 0 spiro atoms. The van der Waals surface area contributed by atoms with Crippen LogP contribution in [0.15, 0.2) is 24.3 Å². The van der Waals surface area contributed by atoms with Gasteiger partial charge < -0.3 is 20.2 Å². The normalized spacial score (nSPS) is 9.84. The lowest BCUT2D eigenvalue weighted by Crippen LogP contribution is -2.41. The third-order valence-corrected chi connectivity index (χ3v) is 2.55. The second-order valence-electron chi connectivity index (χ2n) is 4.47. The molecule has 104 valence electrons. The molecule has 3 amide bonds. The summed E-state index contributed by atoms with van der Waals surface area (Å²) in [6.45, 7) is 0.331. The highest BCUT2D eigenvalue weighted by Crippen LogP contribution is 2.12. The van der Waals surface area contributed by atoms with E-state index in [0.717, 1.165) is 5.56 Å². The van der Waals surface area contributed by atoms with Crippen LogP contribution in [-0.4, -0.2) is 54.5 Å². The summed E-state index contributed by atoms with van der Waals surface area (Å²) in [4.78, 5) is 25.9. The molecule has 0 fully saturated rings. The molecule has 0 radical (unpaired) electrons. The highest BCUT2D eigenvalue weighted by atomic mass is 16.3. The van der Waals surface area contributed by atoms with Crippen molar-refractivity contribution < 1.29 is 14.7 Å². The highest BCUT2D eigenvalue weighted by molar-refractivity contribution is 5.83. The van der Waals surface area contributed by atoms with E-state index in [1.165, 1.54) is 9.80 Å². The molecule has 1 aromatic carbocycles. The number of aromatic hydroxyl groups is 1. The van der Waals surface area contributed by atoms with Crippen LogP contribution in [0.4, 0.5) is 4.79 Å². The van der Waals surface area contributed by atoms with E-state index < -0.39 is 0 Å². The molecule has 19 heavy (non-hydrogen) atoms. The number of benzene rings is 1. The summed E-state index contributed by atoms with van der Waals surface area (Å²) in [7, 11) is 4.86. The summed E-state index contributed by atoms with van der Waals surface area (Å²) in [5.74, 6) is -0.0298. The summed E-state index contributed by atoms with van der Waals surface area (Å²) in [6, 6.07) is 6.41. The first kappa shape index (κ1) is 14.8. The minimum Gasteiger partial charge on any atom is -0.508 e. The lowest BCUT2D eigenvalue weighted by atomic mass is 10.2. The molecular formula is C13H19N3O3. The first-order chi connectivity index (χ1) is 8.90. The zero-order chi connectivity index (χ0) is 14.4. The lowest BCUT2D eigenvalue weighted by Gasteiger charge is -2.18. The molecule has 0 bridgehead atoms. The number of hydrogen-bond donors (Lipinski definition) is 2. The number of phenols is 1. The van der Waals surface area contributed by atoms with Gasteiger partial charge >= 0.3 is 6.03 Å². The maximum absolute atomic E-state index is 11.8. The number of urea groups is 1. The van der Waals surface area contributed by atoms with Crippen LogP contribution >= 0.6 is 0 Å². The van der Waals surface area contributed by atoms with Crippen molar-refractivity contribution in [2.75, 3.05) is 27.7 Å². The molecule has 0 aliphatic carbocycles. The number of likely N-dealkylation sites (N-methyl/N-ethyl adjacent to an activating group) is 1. The molecular weight excluding hydrogens is 246 g/mol. The number of nitrogens with zero attached hydrogens (tertiary/aromatic N) is 2. The predicted octanol–water partition coefficient (Wildman–Crippen LogP) is 0.622. The summed E-state index contributed by atoms with van der Waals surface area (Å²) in [5.41, 5.74) is 0.829. The van der Waals surface area contributed by atoms with Crippen LogP contribution in [0.2, 0.25) is 0 Å². The number of nitrogens with one attached hydrogen (secondary N) is 1. The summed E-state index contributed by atoms with van der Waals surface area (Å²) < 4.78 is 0. The molecule has 1 rings (SSSR count). The van der Waals surface area contributed by atoms with Gasteiger partial charge in [0.25, 0.3) is 0 Å². The Morgan fingerprint density at radius 2 is 1.95 bits per heavy atom. The molecule has 0 heterocycles. The van der Waals surface area contributed by atoms with E-state index in [1.54, 1.807) is 39.3 Å². The molecule has 0 aromatic heterocycles. The van der Waals surface area contributed by atoms with Crippen LogP contribution in [0.3, 0.4) is 0 Å². The topological polar surface area (TPSA) is 72.9 Å². The Bertz CT molecular complexity index is 460. The van der Waals surface area contributed by atoms with Gasteiger partial charge in [-0.05, 0) is 17.7 Å². The Labute approximate surface area is 112 Å². The van der Waals surface area contributed by atoms with Gasteiger partial charge in [0.05, 0.1) is 6.54 Å². The van der Waals surface area contributed by atoms with Crippen LogP contribution < -0.4 is 5.32 Å². The van der Waals surface area contributed by atoms with E-state index >= 15 is 0 Å². The van der Waals surface area contributed by atoms with Gasteiger partial charge in [0, 0.05) is 27.7 Å². The molecule has 2 N–H and O–H groups in total. The zero-order valence-corrected chi connectivity index (χ0v) is 11.4. The van der Waals surface area contributed by atoms with Gasteiger partial charge in [0.15, 0.2) is 0 Å². The molecule has 0 saturated carbocycles. The largest absolute Gasteiger partial charge is 0.508 e. The van der Waals surface area contributed by atoms with E-state index in [4.69, 9.17) is 0 Å². The summed E-state index contributed by atoms with van der Waals surface area (Å²) >= 11 is 0. The van der Waals surface area contributed by atoms with Crippen molar-refractivity contribution in [3.63, 3.8) is 0 Å². The Morgan fingerprint density at radius 1 is 1.26 bits per heavy atom. The maximum atomic E-state index is 11.8. The average molecular weight is 265 g/mol. The second kappa shape index (κ2) is 6.63. The number of rotatable bonds is 4. The van der Waals surface area contributed by atoms with E-state index in [9.17, 15) is 14.7 Å². The number of hydrogen-bond acceptors (Lipinski definition) is 3. The van der Waals surface area contributed by atoms with E-state index in [-0.39, 0.29) is 24.2 Å². The number of amides is 3. The fourth-order valence-corrected chi connectivity index (χ4v) is 1.46. The Morgan fingerprint density at radius 3 is 2.53 bits per heavy atom. The van der Waals surface area contributed by atoms with Crippen LogP contribution in [0, 0.1) is 0 Å². The Hall–Kier alpha value is -2.24. The predicted molar refractivity (Wildman–Crippen MR) is 71.7 cm³/mol. The Kier molecular flexibility index (Phi) is 5.17. The van der Waals surface area contributed by atoms with Crippen molar-refractivity contribution in [1.82, 2.24) is 15.1 Å². The Balaban J connectivity index is 2.47. The minimum atomic E-state index is -0.306. The van der Waals surface area contributed by atoms with Gasteiger partial charge in [-0.3, -0.25) is 4.79 Å². The first-order valence-electron chi connectivity index (χ1n) is 5.87. The van der Waals surface area contributed by atoms with Crippen molar-refractivity contribution in [2.24, 2.45) is 0 Å². The van der Waals surface area contributed by atoms with Crippen LogP contribution in [0.1, 0.15) is 5.56 Å². The van der Waals surface area contributed by atoms with Crippen molar-refractivity contribution in [3.05, 3.63) is 29.8 Å². The van der Waals surface area contributed by atoms with Crippen molar-refractivity contribution >= 4 is 11.9 Å². The fraction of sp³-hybridized carbons (Fsp3) is 0.385. The van der Waals surface area contributed by atoms with Crippen molar-refractivity contribution in [3.8, 4) is 5.75 Å². The molecule has 0 saturated heterocycles. The minimum absolute atomic E-state index is 0.0493. The fourth-order valence-electron chi connectivity index (χ4n) is 1.46. The van der Waals surface area contributed by atoms with Gasteiger partial charge in [-0.15, -0.1) is 0 Å². The highest BCUT2D eigenvalue weighted by Gasteiger charge is 2.11. The monoisotopic (exact) mass is 265 g/mol. The smallest absolute Gasteiger partial charge is 0.317 e. The maximum Gasteiger partial charge on any atom is 0.317 e. The summed E-state index contributed by atoms with van der Waals surface area (Å²) in [6.07, 6.45) is 0. The standard InChI is InChI=1S/C13H19N3O3/c1-15(2)13(19)14-8-12(18)16(3)9-10-5-4-6-11(17)7-10/h4-7,17H,8-9H2,1-3H3,(H,14,19). The quantitative estimate of drug-likeness (QED) is 0.838. The summed E-state index contributed by atoms with van der Waals surface area (Å²) in [5, 5.41) is 11.8. The molecule has 0 unspecified atom stereocenters. The third kappa shape index (κ3) is 4.87. The van der Waals surface area contributed by atoms with Crippen LogP contribution in [0.5, 0.6) is 5.75 Å². The third-order valence-electron chi connectivity index (χ3n) is 2.55. The van der Waals surface area contributed by atoms with E-state index in [1.807, 2.05) is 6.07 Å². The lowest BCUT2D eigenvalue weighted by molar-refractivity contribution is -0.129. The zero-order valence-electron chi connectivity index (χ0n) is 11.4. The van der Waals surface area contributed by atoms with Crippen molar-refractivity contribution in [2.45, 2.75) is 6.54 Å². The second-order valence-corrected chi connectivity index (χ2v) is 4.47. The first-order valence-corrected chi connectivity index (χ1v) is 5.87. The average Bonchev–Trinajstić information content (AvgIpc) is 2.35.